The Morgan fingerprint density at radius 3 is 1.80 bits per heavy atom. The van der Waals surface area contributed by atoms with Crippen molar-refractivity contribution in [2.75, 3.05) is 17.2 Å². The number of nitrogens with zero attached hydrogens (tertiary/aromatic N) is 5. The van der Waals surface area contributed by atoms with Gasteiger partial charge in [0.15, 0.2) is 0 Å². The minimum Gasteiger partial charge on any atom is -0.444 e. The van der Waals surface area contributed by atoms with Crippen molar-refractivity contribution in [1.82, 2.24) is 24.8 Å². The van der Waals surface area contributed by atoms with Crippen molar-refractivity contribution < 1.29 is 9.53 Å². The highest BCUT2D eigenvalue weighted by Gasteiger charge is 2.34. The highest BCUT2D eigenvalue weighted by atomic mass is 32.1. The maximum absolute atomic E-state index is 12.9. The smallest absolute Gasteiger partial charge is 0.410 e. The van der Waals surface area contributed by atoms with E-state index in [1.807, 2.05) is 66.5 Å². The number of nitrogens with one attached hydrogen (secondary N) is 2. The first-order valence-corrected chi connectivity index (χ1v) is 24.9. The zero-order valence-corrected chi connectivity index (χ0v) is 38.7. The molecule has 6 aromatic heterocycles. The van der Waals surface area contributed by atoms with Crippen LogP contribution in [0, 0.1) is 5.92 Å². The van der Waals surface area contributed by atoms with Gasteiger partial charge in [-0.2, -0.15) is 0 Å². The third-order valence-corrected chi connectivity index (χ3v) is 16.1. The fourth-order valence-electron chi connectivity index (χ4n) is 8.86. The summed E-state index contributed by atoms with van der Waals surface area (Å²) in [5.74, 6) is 1.71. The van der Waals surface area contributed by atoms with Gasteiger partial charge in [-0.15, -0.1) is 45.3 Å². The molecule has 1 amide bonds. The number of likely N-dealkylation sites (tertiary alicyclic amines) is 1. The zero-order valence-electron chi connectivity index (χ0n) is 35.4. The van der Waals surface area contributed by atoms with Crippen molar-refractivity contribution in [1.29, 1.82) is 0 Å². The second-order valence-corrected chi connectivity index (χ2v) is 21.4. The van der Waals surface area contributed by atoms with E-state index in [9.17, 15) is 4.79 Å². The highest BCUT2D eigenvalue weighted by molar-refractivity contribution is 7.19. The first kappa shape index (κ1) is 41.7. The number of thiophene rings is 2. The summed E-state index contributed by atoms with van der Waals surface area (Å²) in [5, 5.41) is 9.52. The van der Waals surface area contributed by atoms with E-state index < -0.39 is 5.60 Å². The molecular formula is C48H53N7O2S4. The number of fused-ring (bicyclic) bond motifs is 4. The highest BCUT2D eigenvalue weighted by Crippen LogP contribution is 2.44. The molecule has 2 aromatic carbocycles. The van der Waals surface area contributed by atoms with Crippen LogP contribution in [0.1, 0.15) is 108 Å². The number of carbonyl (C=O) groups excluding carboxylic acids is 1. The van der Waals surface area contributed by atoms with Gasteiger partial charge >= 0.3 is 6.09 Å². The van der Waals surface area contributed by atoms with Crippen molar-refractivity contribution in [3.05, 3.63) is 93.8 Å². The second-order valence-electron chi connectivity index (χ2n) is 17.5. The predicted octanol–water partition coefficient (Wildman–Crippen LogP) is 14.9. The molecule has 13 heteroatoms. The molecule has 1 saturated heterocycles. The molecule has 1 saturated carbocycles. The molecule has 8 aromatic rings. The number of pyridine rings is 2. The van der Waals surface area contributed by atoms with Crippen molar-refractivity contribution in [2.45, 2.75) is 109 Å². The number of anilines is 4. The van der Waals surface area contributed by atoms with E-state index in [2.05, 4.69) is 99.0 Å². The normalized spacial score (nSPS) is 20.0. The average Bonchev–Trinajstić information content (AvgIpc) is 4.03. The van der Waals surface area contributed by atoms with Gasteiger partial charge in [0, 0.05) is 62.8 Å². The van der Waals surface area contributed by atoms with E-state index in [0.29, 0.717) is 5.92 Å². The second kappa shape index (κ2) is 18.0. The monoisotopic (exact) mass is 887 g/mol. The van der Waals surface area contributed by atoms with Crippen LogP contribution in [0.4, 0.5) is 27.5 Å². The molecular weight excluding hydrogens is 835 g/mol. The molecule has 0 radical (unpaired) electrons. The fourth-order valence-corrected chi connectivity index (χ4v) is 12.7. The molecule has 1 aliphatic heterocycles. The Bertz CT molecular complexity index is 2780. The maximum Gasteiger partial charge on any atom is 0.410 e. The Hall–Kier alpha value is -4.69. The minimum atomic E-state index is -0.498. The van der Waals surface area contributed by atoms with Crippen LogP contribution in [-0.2, 0) is 4.74 Å². The summed E-state index contributed by atoms with van der Waals surface area (Å²) in [4.78, 5) is 38.0. The molecule has 10 rings (SSSR count). The lowest BCUT2D eigenvalue weighted by molar-refractivity contribution is 0.0168. The van der Waals surface area contributed by atoms with Crippen LogP contribution in [0.5, 0.6) is 0 Å². The quantitative estimate of drug-likeness (QED) is 0.159. The molecule has 4 atom stereocenters. The Morgan fingerprint density at radius 1 is 0.672 bits per heavy atom. The summed E-state index contributed by atoms with van der Waals surface area (Å²) in [6.07, 6.45) is 13.5. The Balaban J connectivity index is 0.000000160. The number of benzene rings is 2. The molecule has 4 unspecified atom stereocenters. The molecule has 61 heavy (non-hydrogen) atoms. The molecule has 9 nitrogen and oxygen atoms in total. The number of hydrogen-bond acceptors (Lipinski definition) is 12. The van der Waals surface area contributed by atoms with Crippen LogP contribution in [-0.4, -0.2) is 49.1 Å². The lowest BCUT2D eigenvalue weighted by atomic mass is 9.88. The van der Waals surface area contributed by atoms with Crippen LogP contribution in [0.25, 0.3) is 40.9 Å². The SMILES string of the molecule is CC1C(c2cc3c(Nc4ccc5scnc5c4)ccnc3s2)CCCCN1C(=O)OC(C)(C)C.CC1CCCCCC1c1cc2c(Nc3ccc4scnc4c3)ccnc2s1. The summed E-state index contributed by atoms with van der Waals surface area (Å²) < 4.78 is 8.12. The van der Waals surface area contributed by atoms with E-state index in [0.717, 1.165) is 80.6 Å². The number of carbonyl (C=O) groups is 1. The van der Waals surface area contributed by atoms with Crippen LogP contribution < -0.4 is 10.6 Å². The number of thiazole rings is 2. The van der Waals surface area contributed by atoms with Gasteiger partial charge in [-0.05, 0) is 119 Å². The number of hydrogen-bond donors (Lipinski definition) is 2. The molecule has 7 heterocycles. The van der Waals surface area contributed by atoms with Gasteiger partial charge in [-0.3, -0.25) is 0 Å². The number of amides is 1. The third kappa shape index (κ3) is 9.40. The first-order valence-electron chi connectivity index (χ1n) is 21.5. The maximum atomic E-state index is 12.9. The Kier molecular flexibility index (Phi) is 12.3. The third-order valence-electron chi connectivity index (χ3n) is 12.1. The van der Waals surface area contributed by atoms with E-state index in [4.69, 9.17) is 4.74 Å². The largest absolute Gasteiger partial charge is 0.444 e. The molecule has 2 N–H and O–H groups in total. The molecule has 0 spiro atoms. The standard InChI is InChI=1S/C26H30N4O2S2.C22H23N3S2/c1-16-18(7-5-6-12-30(16)25(31)32-26(2,3)4)23-14-19-20(10-11-27-24(19)34-23)29-17-8-9-22-21(13-17)28-15-33-22;1-14-5-3-2-4-6-16(14)21-12-17-18(9-10-23-22(17)27-21)25-15-7-8-20-19(11-15)24-13-26-20/h8-11,13-16,18H,5-7,12H2,1-4H3,(H,27,29);7-14,16H,2-6H2,1H3,(H,23,25). The van der Waals surface area contributed by atoms with Gasteiger partial charge in [0.1, 0.15) is 15.3 Å². The van der Waals surface area contributed by atoms with Crippen molar-refractivity contribution >= 4 is 115 Å². The summed E-state index contributed by atoms with van der Waals surface area (Å²) in [6.45, 7) is 11.1. The molecule has 2 fully saturated rings. The zero-order chi connectivity index (χ0) is 42.1. The van der Waals surface area contributed by atoms with Gasteiger partial charge in [0.2, 0.25) is 0 Å². The first-order chi connectivity index (χ1) is 29.6. The van der Waals surface area contributed by atoms with Gasteiger partial charge in [-0.25, -0.2) is 24.7 Å². The number of rotatable bonds is 6. The predicted molar refractivity (Wildman–Crippen MR) is 259 cm³/mol. The molecule has 1 aliphatic carbocycles. The topological polar surface area (TPSA) is 105 Å². The van der Waals surface area contributed by atoms with Crippen LogP contribution in [0.3, 0.4) is 0 Å². The molecule has 2 aliphatic rings. The Morgan fingerprint density at radius 2 is 1.21 bits per heavy atom. The van der Waals surface area contributed by atoms with Gasteiger partial charge < -0.3 is 20.3 Å². The summed E-state index contributed by atoms with van der Waals surface area (Å²) >= 11 is 6.94. The van der Waals surface area contributed by atoms with E-state index in [-0.39, 0.29) is 18.1 Å². The lowest BCUT2D eigenvalue weighted by Gasteiger charge is -2.33. The summed E-state index contributed by atoms with van der Waals surface area (Å²) in [6, 6.07) is 21.5. The Labute approximate surface area is 373 Å². The van der Waals surface area contributed by atoms with Crippen molar-refractivity contribution in [2.24, 2.45) is 5.92 Å². The van der Waals surface area contributed by atoms with Crippen LogP contribution in [0.15, 0.2) is 84.1 Å². The number of aromatic nitrogens is 4. The fraction of sp³-hybridized carbons (Fsp3) is 0.396. The average molecular weight is 888 g/mol. The van der Waals surface area contributed by atoms with Gasteiger partial charge in [-0.1, -0.05) is 39.0 Å². The van der Waals surface area contributed by atoms with Crippen LogP contribution >= 0.6 is 45.3 Å². The van der Waals surface area contributed by atoms with Gasteiger partial charge in [0.25, 0.3) is 0 Å². The van der Waals surface area contributed by atoms with E-state index in [1.54, 1.807) is 34.0 Å². The molecule has 0 bridgehead atoms. The van der Waals surface area contributed by atoms with Crippen LogP contribution in [0.2, 0.25) is 0 Å². The minimum absolute atomic E-state index is 0.0638. The van der Waals surface area contributed by atoms with E-state index in [1.165, 1.54) is 56.6 Å². The lowest BCUT2D eigenvalue weighted by Crippen LogP contribution is -2.44. The van der Waals surface area contributed by atoms with Crippen molar-refractivity contribution in [3.8, 4) is 0 Å². The van der Waals surface area contributed by atoms with Gasteiger partial charge in [0.05, 0.1) is 42.8 Å². The van der Waals surface area contributed by atoms with Crippen molar-refractivity contribution in [3.63, 3.8) is 0 Å². The van der Waals surface area contributed by atoms with E-state index >= 15 is 0 Å². The molecule has 316 valence electrons. The number of ether oxygens (including phenoxy) is 1. The summed E-state index contributed by atoms with van der Waals surface area (Å²) in [5.41, 5.74) is 9.59. The summed E-state index contributed by atoms with van der Waals surface area (Å²) in [7, 11) is 0.